The summed E-state index contributed by atoms with van der Waals surface area (Å²) in [6.07, 6.45) is 1.04. The number of carbonyl (C=O) groups excluding carboxylic acids is 2. The smallest absolute Gasteiger partial charge is 0.403 e. The predicted molar refractivity (Wildman–Crippen MR) is 98.1 cm³/mol. The maximum Gasteiger partial charge on any atom is 0.403 e. The van der Waals surface area contributed by atoms with E-state index in [1.54, 1.807) is 0 Å². The van der Waals surface area contributed by atoms with E-state index in [1.807, 2.05) is 19.9 Å². The molecule has 1 aromatic carbocycles. The van der Waals surface area contributed by atoms with Crippen LogP contribution in [0.4, 0.5) is 10.5 Å². The zero-order valence-corrected chi connectivity index (χ0v) is 19.8. The summed E-state index contributed by atoms with van der Waals surface area (Å²) in [7, 11) is -3.59. The van der Waals surface area contributed by atoms with Gasteiger partial charge >= 0.3 is 6.09 Å². The molecular weight excluding hydrogens is 461 g/mol. The van der Waals surface area contributed by atoms with Crippen molar-refractivity contribution in [2.45, 2.75) is 38.7 Å². The molecule has 0 bridgehead atoms. The molecule has 0 saturated carbocycles. The second kappa shape index (κ2) is 9.19. The van der Waals surface area contributed by atoms with Gasteiger partial charge in [-0.3, -0.25) is 8.98 Å². The number of cyclic esters (lactones) is 1. The molecule has 151 valence electrons. The normalized spacial score (nSPS) is 22.5. The summed E-state index contributed by atoms with van der Waals surface area (Å²) >= 11 is 0. The molecule has 2 heterocycles. The van der Waals surface area contributed by atoms with E-state index in [2.05, 4.69) is 11.4 Å². The Labute approximate surface area is 190 Å². The fraction of sp³-hybridized carbons (Fsp3) is 0.556. The van der Waals surface area contributed by atoms with E-state index in [1.165, 1.54) is 4.90 Å². The largest absolute Gasteiger partial charge is 0.442 e. The van der Waals surface area contributed by atoms with Gasteiger partial charge in [-0.1, -0.05) is 19.5 Å². The van der Waals surface area contributed by atoms with Crippen molar-refractivity contribution in [1.29, 1.82) is 0 Å². The van der Waals surface area contributed by atoms with Crippen molar-refractivity contribution in [3.05, 3.63) is 28.8 Å². The Morgan fingerprint density at radius 2 is 2.07 bits per heavy atom. The zero-order chi connectivity index (χ0) is 19.8. The quantitative estimate of drug-likeness (QED) is 0.501. The number of benzene rings is 1. The molecule has 0 aliphatic carbocycles. The number of piperidine rings is 1. The molecule has 2 saturated heterocycles. The van der Waals surface area contributed by atoms with Crippen LogP contribution in [0.25, 0.3) is 0 Å². The number of amides is 2. The van der Waals surface area contributed by atoms with Gasteiger partial charge < -0.3 is 15.0 Å². The average molecular weight is 484 g/mol. The fourth-order valence-corrected chi connectivity index (χ4v) is 3.84. The van der Waals surface area contributed by atoms with Crippen LogP contribution in [0.3, 0.4) is 0 Å². The Bertz CT molecular complexity index is 863. The van der Waals surface area contributed by atoms with Crippen LogP contribution in [0.2, 0.25) is 0 Å². The molecular formula is C18H23N2O6SY-. The number of hydrogen-bond acceptors (Lipinski definition) is 6. The third-order valence-electron chi connectivity index (χ3n) is 4.79. The Morgan fingerprint density at radius 1 is 1.36 bits per heavy atom. The van der Waals surface area contributed by atoms with Gasteiger partial charge in [0.15, 0.2) is 0 Å². The van der Waals surface area contributed by atoms with Crippen molar-refractivity contribution in [3.63, 3.8) is 0 Å². The minimum atomic E-state index is -3.59. The maximum atomic E-state index is 12.2. The Kier molecular flexibility index (Phi) is 7.64. The molecule has 3 rings (SSSR count). The van der Waals surface area contributed by atoms with Gasteiger partial charge in [0.1, 0.15) is 12.7 Å². The van der Waals surface area contributed by atoms with Gasteiger partial charge in [-0.05, 0) is 12.3 Å². The van der Waals surface area contributed by atoms with E-state index < -0.39 is 22.3 Å². The minimum absolute atomic E-state index is 0. The summed E-state index contributed by atoms with van der Waals surface area (Å²) in [5.41, 5.74) is 3.51. The molecule has 2 aliphatic rings. The number of ether oxygens (including phenoxy) is 1. The molecule has 28 heavy (non-hydrogen) atoms. The second-order valence-corrected chi connectivity index (χ2v) is 8.66. The first kappa shape index (κ1) is 23.3. The third kappa shape index (κ3) is 5.52. The first-order chi connectivity index (χ1) is 12.6. The Hall–Kier alpha value is -1.03. The molecule has 2 fully saturated rings. The summed E-state index contributed by atoms with van der Waals surface area (Å²) in [6, 6.07) is 5.28. The number of anilines is 1. The number of nitrogens with zero attached hydrogens (tertiary/aromatic N) is 1. The van der Waals surface area contributed by atoms with Gasteiger partial charge in [-0.2, -0.15) is 25.6 Å². The summed E-state index contributed by atoms with van der Waals surface area (Å²) < 4.78 is 32.2. The summed E-state index contributed by atoms with van der Waals surface area (Å²) in [4.78, 5) is 25.1. The number of aryl methyl sites for hydroxylation is 2. The van der Waals surface area contributed by atoms with E-state index in [9.17, 15) is 18.0 Å². The standard InChI is InChI=1S/C18H23N2O6S.Y/c1-11-7-16(12(2)6-15(11)13-4-5-17(21)19-8-13)20-9-14(26-18(20)22)10-25-27(3,23)24;/h7,13-14H,4-5,8-10H2,1-3H3,(H,19,21);/q-1;/t13?,14-;/m1./s1. The molecule has 1 N–H and O–H groups in total. The van der Waals surface area contributed by atoms with Crippen molar-refractivity contribution in [2.24, 2.45) is 0 Å². The summed E-state index contributed by atoms with van der Waals surface area (Å²) in [5.74, 6) is 0.274. The average Bonchev–Trinajstić information content (AvgIpc) is 2.96. The molecule has 8 nitrogen and oxygen atoms in total. The molecule has 2 amide bonds. The van der Waals surface area contributed by atoms with Crippen LogP contribution in [0.1, 0.15) is 35.4 Å². The molecule has 1 radical (unpaired) electrons. The van der Waals surface area contributed by atoms with Crippen molar-refractivity contribution >= 4 is 27.8 Å². The molecule has 1 unspecified atom stereocenters. The van der Waals surface area contributed by atoms with Gasteiger partial charge in [-0.15, -0.1) is 11.6 Å². The van der Waals surface area contributed by atoms with Crippen LogP contribution in [-0.2, 0) is 56.5 Å². The Morgan fingerprint density at radius 3 is 2.68 bits per heavy atom. The Balaban J connectivity index is 0.00000280. The molecule has 0 aromatic heterocycles. The van der Waals surface area contributed by atoms with Crippen molar-refractivity contribution in [3.8, 4) is 0 Å². The molecule has 1 aromatic rings. The minimum Gasteiger partial charge on any atom is -0.442 e. The van der Waals surface area contributed by atoms with Crippen LogP contribution in [0.5, 0.6) is 0 Å². The van der Waals surface area contributed by atoms with Crippen LogP contribution in [-0.4, -0.2) is 52.5 Å². The first-order valence-electron chi connectivity index (χ1n) is 8.76. The molecule has 2 atom stereocenters. The van der Waals surface area contributed by atoms with Gasteiger partial charge in [-0.25, -0.2) is 4.79 Å². The van der Waals surface area contributed by atoms with Gasteiger partial charge in [0.25, 0.3) is 10.1 Å². The summed E-state index contributed by atoms with van der Waals surface area (Å²) in [6.45, 7) is 4.42. The van der Waals surface area contributed by atoms with E-state index in [-0.39, 0.29) is 57.7 Å². The topological polar surface area (TPSA) is 102 Å². The van der Waals surface area contributed by atoms with Crippen molar-refractivity contribution in [2.75, 3.05) is 30.9 Å². The first-order valence-corrected chi connectivity index (χ1v) is 10.6. The third-order valence-corrected chi connectivity index (χ3v) is 5.36. The second-order valence-electron chi connectivity index (χ2n) is 7.02. The fourth-order valence-electron chi connectivity index (χ4n) is 3.44. The molecule has 0 spiro atoms. The van der Waals surface area contributed by atoms with E-state index >= 15 is 0 Å². The number of hydrogen-bond donors (Lipinski definition) is 1. The predicted octanol–water partition coefficient (Wildman–Crippen LogP) is 1.40. The number of carbonyl (C=O) groups is 2. The number of nitrogens with one attached hydrogen (secondary N) is 1. The number of rotatable bonds is 5. The van der Waals surface area contributed by atoms with E-state index in [0.717, 1.165) is 29.4 Å². The SMILES string of the molecule is Cc1[c-]c(C2CCC(=O)NC2)c(C)cc1N1C[C@H](COS(C)(=O)=O)OC1=O.[Y]. The van der Waals surface area contributed by atoms with Crippen LogP contribution in [0.15, 0.2) is 6.07 Å². The van der Waals surface area contributed by atoms with Gasteiger partial charge in [0.05, 0.1) is 12.8 Å². The maximum absolute atomic E-state index is 12.2. The van der Waals surface area contributed by atoms with Crippen LogP contribution >= 0.6 is 0 Å². The van der Waals surface area contributed by atoms with E-state index in [0.29, 0.717) is 18.7 Å². The molecule has 2 aliphatic heterocycles. The van der Waals surface area contributed by atoms with Crippen LogP contribution < -0.4 is 10.2 Å². The zero-order valence-electron chi connectivity index (χ0n) is 16.1. The van der Waals surface area contributed by atoms with Crippen molar-refractivity contribution < 1.29 is 59.6 Å². The summed E-state index contributed by atoms with van der Waals surface area (Å²) in [5, 5.41) is 2.88. The monoisotopic (exact) mass is 484 g/mol. The van der Waals surface area contributed by atoms with Crippen LogP contribution in [0, 0.1) is 19.9 Å². The molecule has 10 heteroatoms. The van der Waals surface area contributed by atoms with E-state index in [4.69, 9.17) is 8.92 Å². The van der Waals surface area contributed by atoms with Crippen molar-refractivity contribution in [1.82, 2.24) is 5.32 Å². The van der Waals surface area contributed by atoms with Gasteiger partial charge in [0, 0.05) is 45.7 Å². The van der Waals surface area contributed by atoms with Gasteiger partial charge in [0.2, 0.25) is 5.91 Å².